The second-order valence-corrected chi connectivity index (χ2v) is 7.14. The van der Waals surface area contributed by atoms with Crippen molar-refractivity contribution in [2.75, 3.05) is 7.11 Å². The molecule has 118 valence electrons. The van der Waals surface area contributed by atoms with Gasteiger partial charge < -0.3 is 4.74 Å². The highest BCUT2D eigenvalue weighted by atomic mass is 79.9. The zero-order valence-corrected chi connectivity index (χ0v) is 15.2. The SMILES string of the molecule is COC(C)CCC(C)CC(Br)C(=O)C1=CC=C(C)CC=C1. The predicted octanol–water partition coefficient (Wildman–Crippen LogP) is 4.99. The Labute approximate surface area is 137 Å². The number of carbonyl (C=O) groups is 1. The predicted molar refractivity (Wildman–Crippen MR) is 92.8 cm³/mol. The number of methoxy groups -OCH3 is 1. The number of alkyl halides is 1. The topological polar surface area (TPSA) is 26.3 Å². The lowest BCUT2D eigenvalue weighted by Crippen LogP contribution is -2.19. The number of hydrogen-bond acceptors (Lipinski definition) is 2. The largest absolute Gasteiger partial charge is 0.382 e. The molecule has 1 aliphatic rings. The van der Waals surface area contributed by atoms with Gasteiger partial charge in [-0.25, -0.2) is 0 Å². The maximum Gasteiger partial charge on any atom is 0.176 e. The maximum atomic E-state index is 12.5. The Bertz CT molecular complexity index is 434. The summed E-state index contributed by atoms with van der Waals surface area (Å²) in [6.07, 6.45) is 12.2. The molecule has 0 amide bonds. The number of ketones is 1. The molecule has 0 saturated heterocycles. The number of carbonyl (C=O) groups excluding carboxylic acids is 1. The van der Waals surface area contributed by atoms with Crippen molar-refractivity contribution in [1.29, 1.82) is 0 Å². The molecule has 0 aliphatic heterocycles. The van der Waals surface area contributed by atoms with E-state index in [0.717, 1.165) is 31.3 Å². The number of ether oxygens (including phenoxy) is 1. The molecule has 0 bridgehead atoms. The molecule has 0 spiro atoms. The summed E-state index contributed by atoms with van der Waals surface area (Å²) in [6, 6.07) is 0. The summed E-state index contributed by atoms with van der Waals surface area (Å²) in [7, 11) is 1.74. The quantitative estimate of drug-likeness (QED) is 0.573. The fourth-order valence-corrected chi connectivity index (χ4v) is 3.19. The summed E-state index contributed by atoms with van der Waals surface area (Å²) in [6.45, 7) is 6.36. The minimum atomic E-state index is -0.104. The molecule has 0 saturated carbocycles. The molecule has 0 aromatic heterocycles. The zero-order valence-electron chi connectivity index (χ0n) is 13.6. The van der Waals surface area contributed by atoms with Gasteiger partial charge in [0.05, 0.1) is 10.9 Å². The first-order valence-corrected chi connectivity index (χ1v) is 8.60. The van der Waals surface area contributed by atoms with Crippen molar-refractivity contribution in [2.24, 2.45) is 5.92 Å². The second-order valence-electron chi connectivity index (χ2n) is 6.04. The van der Waals surface area contributed by atoms with E-state index in [4.69, 9.17) is 4.74 Å². The highest BCUT2D eigenvalue weighted by Gasteiger charge is 2.20. The van der Waals surface area contributed by atoms with E-state index in [0.29, 0.717) is 5.92 Å². The first-order chi connectivity index (χ1) is 9.93. The van der Waals surface area contributed by atoms with Crippen molar-refractivity contribution < 1.29 is 9.53 Å². The van der Waals surface area contributed by atoms with Crippen LogP contribution in [0.3, 0.4) is 0 Å². The average Bonchev–Trinajstić information content (AvgIpc) is 2.68. The van der Waals surface area contributed by atoms with Crippen molar-refractivity contribution in [1.82, 2.24) is 0 Å². The number of hydrogen-bond donors (Lipinski definition) is 0. The molecule has 3 heteroatoms. The number of rotatable bonds is 8. The number of halogens is 1. The summed E-state index contributed by atoms with van der Waals surface area (Å²) in [4.78, 5) is 12.4. The van der Waals surface area contributed by atoms with E-state index in [-0.39, 0.29) is 16.7 Å². The number of Topliss-reactive ketones (excluding diaryl/α,β-unsaturated/α-hetero) is 1. The van der Waals surface area contributed by atoms with Crippen LogP contribution in [0.15, 0.2) is 35.5 Å². The van der Waals surface area contributed by atoms with Gasteiger partial charge in [0.2, 0.25) is 0 Å². The van der Waals surface area contributed by atoms with E-state index < -0.39 is 0 Å². The minimum absolute atomic E-state index is 0.104. The Balaban J connectivity index is 2.51. The molecule has 0 aromatic carbocycles. The summed E-state index contributed by atoms with van der Waals surface area (Å²) < 4.78 is 5.27. The fourth-order valence-electron chi connectivity index (χ4n) is 2.29. The monoisotopic (exact) mass is 354 g/mol. The van der Waals surface area contributed by atoms with Crippen molar-refractivity contribution in [2.45, 2.75) is 57.4 Å². The van der Waals surface area contributed by atoms with Gasteiger partial charge in [0.1, 0.15) is 0 Å². The van der Waals surface area contributed by atoms with Gasteiger partial charge in [0.25, 0.3) is 0 Å². The average molecular weight is 355 g/mol. The van der Waals surface area contributed by atoms with Crippen molar-refractivity contribution in [3.05, 3.63) is 35.5 Å². The maximum absolute atomic E-state index is 12.5. The van der Waals surface area contributed by atoms with Crippen molar-refractivity contribution >= 4 is 21.7 Å². The second kappa shape index (κ2) is 9.37. The first-order valence-electron chi connectivity index (χ1n) is 7.69. The summed E-state index contributed by atoms with van der Waals surface area (Å²) >= 11 is 3.57. The van der Waals surface area contributed by atoms with E-state index in [1.165, 1.54) is 5.57 Å². The molecule has 1 aliphatic carbocycles. The van der Waals surface area contributed by atoms with Gasteiger partial charge in [-0.1, -0.05) is 52.7 Å². The van der Waals surface area contributed by atoms with Gasteiger partial charge in [-0.2, -0.15) is 0 Å². The van der Waals surface area contributed by atoms with Crippen LogP contribution in [0.1, 0.15) is 46.5 Å². The zero-order chi connectivity index (χ0) is 15.8. The number of allylic oxidation sites excluding steroid dienone is 6. The lowest BCUT2D eigenvalue weighted by molar-refractivity contribution is -0.114. The van der Waals surface area contributed by atoms with Gasteiger partial charge in [0, 0.05) is 12.7 Å². The van der Waals surface area contributed by atoms with Gasteiger partial charge in [-0.3, -0.25) is 4.79 Å². The summed E-state index contributed by atoms with van der Waals surface area (Å²) in [5.74, 6) is 0.687. The van der Waals surface area contributed by atoms with Crippen LogP contribution in [0.25, 0.3) is 0 Å². The van der Waals surface area contributed by atoms with E-state index in [1.54, 1.807) is 7.11 Å². The standard InChI is InChI=1S/C18H27BrO2/c1-13-6-5-7-16(11-9-13)18(20)17(19)12-14(2)8-10-15(3)21-4/h5,7,9,11,14-15,17H,6,8,10,12H2,1-4H3. The Morgan fingerprint density at radius 1 is 1.33 bits per heavy atom. The van der Waals surface area contributed by atoms with Crippen LogP contribution in [-0.4, -0.2) is 23.8 Å². The summed E-state index contributed by atoms with van der Waals surface area (Å²) in [5.41, 5.74) is 2.08. The molecule has 1 rings (SSSR count). The molecule has 0 heterocycles. The molecular weight excluding hydrogens is 328 g/mol. The highest BCUT2D eigenvalue weighted by molar-refractivity contribution is 9.10. The molecule has 0 radical (unpaired) electrons. The molecular formula is C18H27BrO2. The van der Waals surface area contributed by atoms with Gasteiger partial charge in [-0.15, -0.1) is 0 Å². The Morgan fingerprint density at radius 3 is 2.71 bits per heavy atom. The van der Waals surface area contributed by atoms with Crippen LogP contribution in [0.4, 0.5) is 0 Å². The van der Waals surface area contributed by atoms with Crippen LogP contribution in [0.5, 0.6) is 0 Å². The van der Waals surface area contributed by atoms with E-state index in [2.05, 4.69) is 42.8 Å². The van der Waals surface area contributed by atoms with Crippen LogP contribution >= 0.6 is 15.9 Å². The molecule has 0 N–H and O–H groups in total. The smallest absolute Gasteiger partial charge is 0.176 e. The highest BCUT2D eigenvalue weighted by Crippen LogP contribution is 2.23. The van der Waals surface area contributed by atoms with Gasteiger partial charge in [0.15, 0.2) is 5.78 Å². The Hall–Kier alpha value is -0.670. The van der Waals surface area contributed by atoms with E-state index >= 15 is 0 Å². The fraction of sp³-hybridized carbons (Fsp3) is 0.611. The van der Waals surface area contributed by atoms with Crippen LogP contribution in [-0.2, 0) is 9.53 Å². The molecule has 2 nitrogen and oxygen atoms in total. The third kappa shape index (κ3) is 6.75. The first kappa shape index (κ1) is 18.4. The van der Waals surface area contributed by atoms with E-state index in [9.17, 15) is 4.79 Å². The van der Waals surface area contributed by atoms with Crippen molar-refractivity contribution in [3.8, 4) is 0 Å². The Kier molecular flexibility index (Phi) is 8.20. The van der Waals surface area contributed by atoms with Crippen molar-refractivity contribution in [3.63, 3.8) is 0 Å². The lowest BCUT2D eigenvalue weighted by Gasteiger charge is -2.17. The third-order valence-corrected chi connectivity index (χ3v) is 4.72. The third-order valence-electron chi connectivity index (χ3n) is 3.93. The van der Waals surface area contributed by atoms with Gasteiger partial charge >= 0.3 is 0 Å². The van der Waals surface area contributed by atoms with Crippen LogP contribution < -0.4 is 0 Å². The molecule has 3 unspecified atom stereocenters. The molecule has 21 heavy (non-hydrogen) atoms. The normalized spacial score (nSPS) is 19.3. The van der Waals surface area contributed by atoms with Crippen LogP contribution in [0.2, 0.25) is 0 Å². The lowest BCUT2D eigenvalue weighted by atomic mass is 9.95. The van der Waals surface area contributed by atoms with Gasteiger partial charge in [-0.05, 0) is 45.4 Å². The molecule has 0 fully saturated rings. The molecule has 0 aromatic rings. The minimum Gasteiger partial charge on any atom is -0.382 e. The summed E-state index contributed by atoms with van der Waals surface area (Å²) in [5, 5.41) is 0. The van der Waals surface area contributed by atoms with Crippen LogP contribution in [0, 0.1) is 5.92 Å². The molecule has 3 atom stereocenters. The van der Waals surface area contributed by atoms with E-state index in [1.807, 2.05) is 18.2 Å². The Morgan fingerprint density at radius 2 is 2.05 bits per heavy atom.